The van der Waals surface area contributed by atoms with E-state index in [1.54, 1.807) is 24.3 Å². The van der Waals surface area contributed by atoms with Crippen molar-refractivity contribution in [3.63, 3.8) is 0 Å². The molecule has 8 heteroatoms. The molecule has 0 radical (unpaired) electrons. The van der Waals surface area contributed by atoms with Crippen LogP contribution in [0.4, 0.5) is 8.78 Å². The van der Waals surface area contributed by atoms with Crippen molar-refractivity contribution in [2.75, 3.05) is 26.3 Å². The Kier molecular flexibility index (Phi) is 6.13. The van der Waals surface area contributed by atoms with E-state index in [2.05, 4.69) is 10.5 Å². The van der Waals surface area contributed by atoms with Gasteiger partial charge in [0.15, 0.2) is 5.84 Å². The maximum atomic E-state index is 12.7. The largest absolute Gasteiger partial charge is 0.492 e. The molecule has 0 aliphatic carbocycles. The summed E-state index contributed by atoms with van der Waals surface area (Å²) in [4.78, 5) is 0. The number of aliphatic hydroxyl groups excluding tert-OH is 1. The number of amidine groups is 1. The van der Waals surface area contributed by atoms with Crippen LogP contribution >= 0.6 is 0 Å². The highest BCUT2D eigenvalue weighted by Crippen LogP contribution is 2.12. The third-order valence-electron chi connectivity index (χ3n) is 2.42. The lowest BCUT2D eigenvalue weighted by Crippen LogP contribution is -2.37. The standard InChI is InChI=1S/C12H17F2N3O3/c13-12(14,8-18)7-16-5-6-20-10-3-1-9(2-4-10)11(15)17-19/h1-4,16,18-19H,5-8H2,(H2,15,17). The Bertz CT molecular complexity index is 438. The van der Waals surface area contributed by atoms with Gasteiger partial charge in [0.05, 0.1) is 6.54 Å². The number of hydrogen-bond donors (Lipinski definition) is 4. The van der Waals surface area contributed by atoms with E-state index in [0.29, 0.717) is 11.3 Å². The maximum Gasteiger partial charge on any atom is 0.282 e. The number of alkyl halides is 2. The van der Waals surface area contributed by atoms with Crippen LogP contribution in [0.15, 0.2) is 29.4 Å². The normalized spacial score (nSPS) is 12.4. The lowest BCUT2D eigenvalue weighted by molar-refractivity contribution is -0.0477. The highest BCUT2D eigenvalue weighted by atomic mass is 19.3. The summed E-state index contributed by atoms with van der Waals surface area (Å²) in [6, 6.07) is 6.46. The molecule has 5 N–H and O–H groups in total. The van der Waals surface area contributed by atoms with Gasteiger partial charge in [-0.15, -0.1) is 0 Å². The predicted molar refractivity (Wildman–Crippen MR) is 69.4 cm³/mol. The number of oxime groups is 1. The molecule has 0 aromatic heterocycles. The average molecular weight is 289 g/mol. The van der Waals surface area contributed by atoms with Crippen LogP contribution < -0.4 is 15.8 Å². The summed E-state index contributed by atoms with van der Waals surface area (Å²) in [7, 11) is 0. The van der Waals surface area contributed by atoms with E-state index < -0.39 is 19.1 Å². The summed E-state index contributed by atoms with van der Waals surface area (Å²) in [5.41, 5.74) is 5.94. The van der Waals surface area contributed by atoms with Gasteiger partial charge in [-0.05, 0) is 24.3 Å². The fraction of sp³-hybridized carbons (Fsp3) is 0.417. The number of benzene rings is 1. The summed E-state index contributed by atoms with van der Waals surface area (Å²) < 4.78 is 30.6. The van der Waals surface area contributed by atoms with Gasteiger partial charge in [0.1, 0.15) is 19.0 Å². The molecule has 0 spiro atoms. The van der Waals surface area contributed by atoms with Crippen LogP contribution in [0.5, 0.6) is 5.75 Å². The SMILES string of the molecule is N/C(=N/O)c1ccc(OCCNCC(F)(F)CO)cc1. The zero-order valence-corrected chi connectivity index (χ0v) is 10.7. The number of nitrogens with one attached hydrogen (secondary N) is 1. The smallest absolute Gasteiger partial charge is 0.282 e. The maximum absolute atomic E-state index is 12.7. The minimum absolute atomic E-state index is 0.00977. The van der Waals surface area contributed by atoms with Crippen LogP contribution in [0.25, 0.3) is 0 Å². The first-order valence-electron chi connectivity index (χ1n) is 5.88. The van der Waals surface area contributed by atoms with Gasteiger partial charge >= 0.3 is 0 Å². The second-order valence-electron chi connectivity index (χ2n) is 4.05. The van der Waals surface area contributed by atoms with Crippen molar-refractivity contribution in [1.29, 1.82) is 0 Å². The Labute approximate surface area is 114 Å². The summed E-state index contributed by atoms with van der Waals surface area (Å²) in [6.45, 7) is -1.37. The first kappa shape index (κ1) is 16.1. The molecule has 0 unspecified atom stereocenters. The molecule has 0 aliphatic rings. The highest BCUT2D eigenvalue weighted by Gasteiger charge is 2.26. The molecule has 0 aliphatic heterocycles. The number of hydrogen-bond acceptors (Lipinski definition) is 5. The molecular weight excluding hydrogens is 272 g/mol. The van der Waals surface area contributed by atoms with Gasteiger partial charge < -0.3 is 26.1 Å². The van der Waals surface area contributed by atoms with E-state index in [-0.39, 0.29) is 19.0 Å². The van der Waals surface area contributed by atoms with E-state index in [1.165, 1.54) is 0 Å². The van der Waals surface area contributed by atoms with Crippen molar-refractivity contribution < 1.29 is 23.8 Å². The zero-order chi connectivity index (χ0) is 15.0. The Morgan fingerprint density at radius 2 is 2.00 bits per heavy atom. The van der Waals surface area contributed by atoms with E-state index >= 15 is 0 Å². The Balaban J connectivity index is 2.29. The van der Waals surface area contributed by atoms with Gasteiger partial charge in [0.25, 0.3) is 5.92 Å². The number of nitrogens with two attached hydrogens (primary N) is 1. The first-order chi connectivity index (χ1) is 9.48. The van der Waals surface area contributed by atoms with Gasteiger partial charge in [-0.1, -0.05) is 5.16 Å². The number of halogens is 2. The number of nitrogens with zero attached hydrogens (tertiary/aromatic N) is 1. The molecule has 6 nitrogen and oxygen atoms in total. The van der Waals surface area contributed by atoms with E-state index in [0.717, 1.165) is 0 Å². The minimum Gasteiger partial charge on any atom is -0.492 e. The van der Waals surface area contributed by atoms with E-state index in [4.69, 9.17) is 20.8 Å². The molecule has 112 valence electrons. The predicted octanol–water partition coefficient (Wildman–Crippen LogP) is 0.377. The molecule has 0 bridgehead atoms. The summed E-state index contributed by atoms with van der Waals surface area (Å²) in [5.74, 6) is -2.59. The molecule has 0 atom stereocenters. The van der Waals surface area contributed by atoms with E-state index in [9.17, 15) is 8.78 Å². The second-order valence-corrected chi connectivity index (χ2v) is 4.05. The summed E-state index contributed by atoms with van der Waals surface area (Å²) in [6.07, 6.45) is 0. The van der Waals surface area contributed by atoms with Gasteiger partial charge in [-0.3, -0.25) is 0 Å². The average Bonchev–Trinajstić information content (AvgIpc) is 2.46. The van der Waals surface area contributed by atoms with Crippen LogP contribution in [0.1, 0.15) is 5.56 Å². The third kappa shape index (κ3) is 5.37. The van der Waals surface area contributed by atoms with Crippen LogP contribution in [-0.2, 0) is 0 Å². The van der Waals surface area contributed by atoms with Crippen LogP contribution in [-0.4, -0.2) is 48.4 Å². The fourth-order valence-electron chi connectivity index (χ4n) is 1.35. The van der Waals surface area contributed by atoms with Crippen LogP contribution in [0, 0.1) is 0 Å². The second kappa shape index (κ2) is 7.61. The van der Waals surface area contributed by atoms with Crippen molar-refractivity contribution in [3.8, 4) is 5.75 Å². The molecule has 0 saturated heterocycles. The molecule has 1 rings (SSSR count). The van der Waals surface area contributed by atoms with Crippen molar-refractivity contribution >= 4 is 5.84 Å². The Morgan fingerprint density at radius 3 is 2.55 bits per heavy atom. The van der Waals surface area contributed by atoms with Crippen molar-refractivity contribution in [1.82, 2.24) is 5.32 Å². The van der Waals surface area contributed by atoms with Gasteiger partial charge in [-0.25, -0.2) is 8.78 Å². The van der Waals surface area contributed by atoms with Crippen LogP contribution in [0.3, 0.4) is 0 Å². The Morgan fingerprint density at radius 1 is 1.35 bits per heavy atom. The van der Waals surface area contributed by atoms with E-state index in [1.807, 2.05) is 0 Å². The fourth-order valence-corrected chi connectivity index (χ4v) is 1.35. The Hall–Kier alpha value is -1.93. The number of ether oxygens (including phenoxy) is 1. The topological polar surface area (TPSA) is 100 Å². The number of aliphatic hydroxyl groups is 1. The number of rotatable bonds is 8. The van der Waals surface area contributed by atoms with Gasteiger partial charge in [-0.2, -0.15) is 0 Å². The third-order valence-corrected chi connectivity index (χ3v) is 2.42. The first-order valence-corrected chi connectivity index (χ1v) is 5.88. The van der Waals surface area contributed by atoms with Gasteiger partial charge in [0, 0.05) is 12.1 Å². The molecule has 0 heterocycles. The zero-order valence-electron chi connectivity index (χ0n) is 10.7. The molecule has 1 aromatic rings. The molecule has 0 amide bonds. The monoisotopic (exact) mass is 289 g/mol. The summed E-state index contributed by atoms with van der Waals surface area (Å²) in [5, 5.41) is 22.2. The molecule has 0 saturated carbocycles. The van der Waals surface area contributed by atoms with Gasteiger partial charge in [0.2, 0.25) is 0 Å². The lowest BCUT2D eigenvalue weighted by atomic mass is 10.2. The quantitative estimate of drug-likeness (QED) is 0.182. The minimum atomic E-state index is -3.12. The van der Waals surface area contributed by atoms with Crippen molar-refractivity contribution in [2.24, 2.45) is 10.9 Å². The van der Waals surface area contributed by atoms with Crippen LogP contribution in [0.2, 0.25) is 0 Å². The van der Waals surface area contributed by atoms with Crippen molar-refractivity contribution in [2.45, 2.75) is 5.92 Å². The molecule has 1 aromatic carbocycles. The highest BCUT2D eigenvalue weighted by molar-refractivity contribution is 5.97. The summed E-state index contributed by atoms with van der Waals surface area (Å²) >= 11 is 0. The molecular formula is C12H17F2N3O3. The molecule has 0 fully saturated rings. The lowest BCUT2D eigenvalue weighted by Gasteiger charge is -2.14. The van der Waals surface area contributed by atoms with Crippen molar-refractivity contribution in [3.05, 3.63) is 29.8 Å². The molecule has 20 heavy (non-hydrogen) atoms.